The second-order valence-electron chi connectivity index (χ2n) is 9.72. The third-order valence-electron chi connectivity index (χ3n) is 7.28. The highest BCUT2D eigenvalue weighted by atomic mass is 32.2. The molecule has 1 aromatic heterocycles. The molecule has 186 valence electrons. The molecule has 0 amide bonds. The number of anilines is 1. The summed E-state index contributed by atoms with van der Waals surface area (Å²) in [6.07, 6.45) is 12.1. The summed E-state index contributed by atoms with van der Waals surface area (Å²) in [7, 11) is -3.54. The van der Waals surface area contributed by atoms with Crippen molar-refractivity contribution in [1.82, 2.24) is 14.6 Å². The second kappa shape index (κ2) is 12.1. The van der Waals surface area contributed by atoms with Gasteiger partial charge in [-0.15, -0.1) is 0 Å². The first-order valence-corrected chi connectivity index (χ1v) is 14.1. The van der Waals surface area contributed by atoms with E-state index < -0.39 is 16.3 Å². The molecule has 2 aliphatic rings. The van der Waals surface area contributed by atoms with Crippen molar-refractivity contribution in [3.8, 4) is 0 Å². The normalized spacial score (nSPS) is 21.3. The zero-order valence-electron chi connectivity index (χ0n) is 19.9. The van der Waals surface area contributed by atoms with Crippen molar-refractivity contribution >= 4 is 15.9 Å². The molecule has 1 aliphatic heterocycles. The average molecular weight is 487 g/mol. The van der Waals surface area contributed by atoms with Crippen molar-refractivity contribution < 1.29 is 13.5 Å². The number of pyridine rings is 1. The molecule has 2 aromatic rings. The summed E-state index contributed by atoms with van der Waals surface area (Å²) in [6, 6.07) is 11.3. The van der Waals surface area contributed by atoms with Crippen LogP contribution in [0.1, 0.15) is 62.2 Å². The van der Waals surface area contributed by atoms with E-state index in [1.54, 1.807) is 16.7 Å². The molecule has 0 radical (unpaired) electrons. The zero-order valence-corrected chi connectivity index (χ0v) is 20.7. The molecule has 0 bridgehead atoms. The van der Waals surface area contributed by atoms with E-state index in [0.29, 0.717) is 37.2 Å². The van der Waals surface area contributed by atoms with Crippen molar-refractivity contribution in [1.29, 1.82) is 0 Å². The SMILES string of the molecule is O=S(=O)(Nc1ccc(CCNC[C@@H](O)c2cccnc2)cc1)N1CCCC(C2CCCCC2)C1. The number of aliphatic hydroxyl groups excluding tert-OH is 1. The van der Waals surface area contributed by atoms with Crippen LogP contribution in [0, 0.1) is 11.8 Å². The second-order valence-corrected chi connectivity index (χ2v) is 11.4. The highest BCUT2D eigenvalue weighted by Gasteiger charge is 2.33. The van der Waals surface area contributed by atoms with E-state index in [2.05, 4.69) is 15.0 Å². The Morgan fingerprint density at radius 3 is 2.53 bits per heavy atom. The number of aromatic nitrogens is 1. The Morgan fingerprint density at radius 2 is 1.79 bits per heavy atom. The van der Waals surface area contributed by atoms with E-state index in [1.165, 1.54) is 32.1 Å². The van der Waals surface area contributed by atoms with Gasteiger partial charge in [-0.05, 0) is 61.4 Å². The van der Waals surface area contributed by atoms with Crippen molar-refractivity contribution in [2.24, 2.45) is 11.8 Å². The first-order valence-electron chi connectivity index (χ1n) is 12.7. The van der Waals surface area contributed by atoms with Gasteiger partial charge in [0.2, 0.25) is 0 Å². The number of rotatable bonds is 10. The van der Waals surface area contributed by atoms with Gasteiger partial charge in [-0.25, -0.2) is 0 Å². The molecule has 0 spiro atoms. The summed E-state index contributed by atoms with van der Waals surface area (Å²) in [5, 5.41) is 13.5. The van der Waals surface area contributed by atoms with Crippen LogP contribution >= 0.6 is 0 Å². The number of benzene rings is 1. The van der Waals surface area contributed by atoms with E-state index >= 15 is 0 Å². The highest BCUT2D eigenvalue weighted by Crippen LogP contribution is 2.35. The lowest BCUT2D eigenvalue weighted by Gasteiger charge is -2.37. The number of piperidine rings is 1. The highest BCUT2D eigenvalue weighted by molar-refractivity contribution is 7.90. The van der Waals surface area contributed by atoms with Gasteiger partial charge in [0.05, 0.1) is 6.10 Å². The number of hydrogen-bond acceptors (Lipinski definition) is 5. The van der Waals surface area contributed by atoms with Crippen molar-refractivity contribution in [2.45, 2.75) is 57.5 Å². The molecule has 2 fully saturated rings. The summed E-state index contributed by atoms with van der Waals surface area (Å²) < 4.78 is 30.5. The van der Waals surface area contributed by atoms with Crippen LogP contribution in [-0.4, -0.2) is 49.0 Å². The van der Waals surface area contributed by atoms with Crippen molar-refractivity contribution in [3.63, 3.8) is 0 Å². The van der Waals surface area contributed by atoms with Gasteiger partial charge in [0.15, 0.2) is 0 Å². The summed E-state index contributed by atoms with van der Waals surface area (Å²) in [5.74, 6) is 1.18. The summed E-state index contributed by atoms with van der Waals surface area (Å²) in [4.78, 5) is 4.03. The van der Waals surface area contributed by atoms with Gasteiger partial charge < -0.3 is 10.4 Å². The Labute approximate surface area is 204 Å². The van der Waals surface area contributed by atoms with Crippen LogP contribution in [0.15, 0.2) is 48.8 Å². The van der Waals surface area contributed by atoms with Crippen LogP contribution in [0.5, 0.6) is 0 Å². The number of nitrogens with zero attached hydrogens (tertiary/aromatic N) is 2. The zero-order chi connectivity index (χ0) is 23.8. The Balaban J connectivity index is 1.23. The molecule has 1 saturated heterocycles. The van der Waals surface area contributed by atoms with Gasteiger partial charge in [0.25, 0.3) is 0 Å². The first kappa shape index (κ1) is 25.1. The number of nitrogens with one attached hydrogen (secondary N) is 2. The molecule has 1 aliphatic carbocycles. The minimum absolute atomic E-state index is 0.460. The molecule has 34 heavy (non-hydrogen) atoms. The standard InChI is InChI=1S/C26H38N4O3S/c31-26(23-8-4-15-27-18-23)19-28-16-14-21-10-12-25(13-11-21)29-34(32,33)30-17-5-9-24(20-30)22-6-2-1-3-7-22/h4,8,10-13,15,18,22,24,26,28-29,31H,1-3,5-7,9,14,16-17,19-20H2/t24?,26-/m1/s1. The molecule has 3 N–H and O–H groups in total. The third kappa shape index (κ3) is 7.01. The Bertz CT molecular complexity index is 979. The van der Waals surface area contributed by atoms with Gasteiger partial charge in [-0.1, -0.05) is 50.3 Å². The Morgan fingerprint density at radius 1 is 1.03 bits per heavy atom. The van der Waals surface area contributed by atoms with Crippen LogP contribution in [0.25, 0.3) is 0 Å². The molecule has 1 aromatic carbocycles. The maximum atomic E-state index is 13.0. The van der Waals surface area contributed by atoms with Gasteiger partial charge in [0, 0.05) is 43.3 Å². The topological polar surface area (TPSA) is 94.6 Å². The van der Waals surface area contributed by atoms with Gasteiger partial charge in [-0.2, -0.15) is 12.7 Å². The molecule has 1 unspecified atom stereocenters. The van der Waals surface area contributed by atoms with Crippen LogP contribution in [0.3, 0.4) is 0 Å². The fourth-order valence-electron chi connectivity index (χ4n) is 5.30. The van der Waals surface area contributed by atoms with Crippen molar-refractivity contribution in [2.75, 3.05) is 30.9 Å². The quantitative estimate of drug-likeness (QED) is 0.443. The average Bonchev–Trinajstić information content (AvgIpc) is 2.88. The molecule has 4 rings (SSSR count). The number of aliphatic hydroxyl groups is 1. The minimum Gasteiger partial charge on any atom is -0.387 e. The lowest BCUT2D eigenvalue weighted by molar-refractivity contribution is 0.165. The number of hydrogen-bond donors (Lipinski definition) is 3. The van der Waals surface area contributed by atoms with Crippen LogP contribution in [0.2, 0.25) is 0 Å². The predicted octanol–water partition coefficient (Wildman–Crippen LogP) is 3.90. The summed E-state index contributed by atoms with van der Waals surface area (Å²) in [5.41, 5.74) is 2.51. The van der Waals surface area contributed by atoms with Gasteiger partial charge in [-0.3, -0.25) is 9.71 Å². The molecule has 7 nitrogen and oxygen atoms in total. The first-order chi connectivity index (χ1) is 16.5. The molecule has 1 saturated carbocycles. The monoisotopic (exact) mass is 486 g/mol. The fourth-order valence-corrected chi connectivity index (χ4v) is 6.62. The maximum absolute atomic E-state index is 13.0. The maximum Gasteiger partial charge on any atom is 0.301 e. The van der Waals surface area contributed by atoms with E-state index in [1.807, 2.05) is 36.4 Å². The van der Waals surface area contributed by atoms with E-state index in [4.69, 9.17) is 0 Å². The van der Waals surface area contributed by atoms with Gasteiger partial charge >= 0.3 is 10.2 Å². The van der Waals surface area contributed by atoms with Gasteiger partial charge in [0.1, 0.15) is 0 Å². The van der Waals surface area contributed by atoms with E-state index in [9.17, 15) is 13.5 Å². The minimum atomic E-state index is -3.54. The fraction of sp³-hybridized carbons (Fsp3) is 0.577. The smallest absolute Gasteiger partial charge is 0.301 e. The largest absolute Gasteiger partial charge is 0.387 e. The lowest BCUT2D eigenvalue weighted by atomic mass is 9.77. The molecular weight excluding hydrogens is 448 g/mol. The molecule has 2 heterocycles. The molecule has 8 heteroatoms. The van der Waals surface area contributed by atoms with E-state index in [0.717, 1.165) is 36.9 Å². The van der Waals surface area contributed by atoms with Crippen LogP contribution in [-0.2, 0) is 16.6 Å². The molecular formula is C26H38N4O3S. The Kier molecular flexibility index (Phi) is 8.94. The van der Waals surface area contributed by atoms with Crippen LogP contribution in [0.4, 0.5) is 5.69 Å². The summed E-state index contributed by atoms with van der Waals surface area (Å²) in [6.45, 7) is 2.43. The van der Waals surface area contributed by atoms with Crippen molar-refractivity contribution in [3.05, 3.63) is 59.9 Å². The lowest BCUT2D eigenvalue weighted by Crippen LogP contribution is -2.44. The Hall–Kier alpha value is -2.00. The molecule has 2 atom stereocenters. The van der Waals surface area contributed by atoms with Crippen LogP contribution < -0.4 is 10.0 Å². The summed E-state index contributed by atoms with van der Waals surface area (Å²) >= 11 is 0. The van der Waals surface area contributed by atoms with E-state index in [-0.39, 0.29) is 0 Å². The third-order valence-corrected chi connectivity index (χ3v) is 8.78. The predicted molar refractivity (Wildman–Crippen MR) is 136 cm³/mol.